The number of aromatic amines is 1. The molecule has 2 fully saturated rings. The number of nitrogens with zero attached hydrogens (tertiary/aromatic N) is 1. The first-order valence-corrected chi connectivity index (χ1v) is 11.2. The average molecular weight is 451 g/mol. The zero-order valence-corrected chi connectivity index (χ0v) is 19.0. The lowest BCUT2D eigenvalue weighted by atomic mass is 9.67. The summed E-state index contributed by atoms with van der Waals surface area (Å²) in [6.45, 7) is 3.77. The number of aromatic nitrogens is 1. The van der Waals surface area contributed by atoms with Gasteiger partial charge in [-0.05, 0) is 55.2 Å². The number of methoxy groups -OCH3 is 1. The molecular formula is C26H30N2O5. The molecule has 1 aromatic heterocycles. The van der Waals surface area contributed by atoms with Crippen molar-refractivity contribution in [3.05, 3.63) is 64.8 Å². The highest BCUT2D eigenvalue weighted by Gasteiger charge is 2.54. The minimum atomic E-state index is -0.873. The summed E-state index contributed by atoms with van der Waals surface area (Å²) in [4.78, 5) is 25.6. The Bertz CT molecular complexity index is 1150. The number of carboxylic acid groups (broad SMARTS) is 2. The van der Waals surface area contributed by atoms with Gasteiger partial charge in [-0.2, -0.15) is 0 Å². The fraction of sp³-hybridized carbons (Fsp3) is 0.385. The third-order valence-electron chi connectivity index (χ3n) is 7.23. The van der Waals surface area contributed by atoms with E-state index < -0.39 is 5.97 Å². The first-order valence-electron chi connectivity index (χ1n) is 11.2. The molecule has 0 radical (unpaired) electrons. The molecule has 2 heterocycles. The van der Waals surface area contributed by atoms with Crippen molar-refractivity contribution in [3.63, 3.8) is 0 Å². The standard InChI is InChI=1S/C25H28N2O3.CH2O2/c1-16-13-21(30-2)20(19-9-12-26-22(16)19)14-27-15-25(10-3-4-11-25)23(27)17-5-7-18(8-6-17)24(28)29;2-1-3/h5-9,12-13,23,26H,3-4,10-11,14-15H2,1-2H3,(H,28,29);1H,(H,2,3). The van der Waals surface area contributed by atoms with E-state index in [-0.39, 0.29) is 6.47 Å². The first kappa shape index (κ1) is 22.9. The van der Waals surface area contributed by atoms with Crippen LogP contribution in [-0.4, -0.2) is 46.2 Å². The molecule has 1 saturated carbocycles. The lowest BCUT2D eigenvalue weighted by molar-refractivity contribution is -0.122. The van der Waals surface area contributed by atoms with E-state index in [4.69, 9.17) is 14.6 Å². The maximum atomic E-state index is 11.3. The van der Waals surface area contributed by atoms with Gasteiger partial charge < -0.3 is 19.9 Å². The Labute approximate surface area is 193 Å². The molecule has 174 valence electrons. The van der Waals surface area contributed by atoms with Crippen LogP contribution in [0.3, 0.4) is 0 Å². The third-order valence-corrected chi connectivity index (χ3v) is 7.23. The molecule has 0 amide bonds. The smallest absolute Gasteiger partial charge is 0.335 e. The number of ether oxygens (including phenoxy) is 1. The first-order chi connectivity index (χ1) is 15.9. The normalized spacial score (nSPS) is 19.0. The largest absolute Gasteiger partial charge is 0.496 e. The lowest BCUT2D eigenvalue weighted by Crippen LogP contribution is -2.56. The number of carboxylic acids is 1. The van der Waals surface area contributed by atoms with E-state index in [1.807, 2.05) is 18.3 Å². The average Bonchev–Trinajstić information content (AvgIpc) is 3.47. The Kier molecular flexibility index (Phi) is 6.42. The van der Waals surface area contributed by atoms with Crippen LogP contribution in [-0.2, 0) is 11.3 Å². The number of H-pyrrole nitrogens is 1. The summed E-state index contributed by atoms with van der Waals surface area (Å²) in [5.74, 6) is 0.0637. The van der Waals surface area contributed by atoms with Gasteiger partial charge in [-0.3, -0.25) is 9.69 Å². The van der Waals surface area contributed by atoms with Gasteiger partial charge in [0.05, 0.1) is 12.7 Å². The summed E-state index contributed by atoms with van der Waals surface area (Å²) in [5, 5.41) is 17.4. The van der Waals surface area contributed by atoms with Gasteiger partial charge in [-0.1, -0.05) is 25.0 Å². The van der Waals surface area contributed by atoms with Gasteiger partial charge in [-0.15, -0.1) is 0 Å². The number of carbonyl (C=O) groups is 2. The van der Waals surface area contributed by atoms with Crippen LogP contribution < -0.4 is 4.74 Å². The van der Waals surface area contributed by atoms with Gasteiger partial charge in [0.25, 0.3) is 6.47 Å². The number of hydrogen-bond donors (Lipinski definition) is 3. The lowest BCUT2D eigenvalue weighted by Gasteiger charge is -2.57. The van der Waals surface area contributed by atoms with Crippen molar-refractivity contribution >= 4 is 23.3 Å². The molecule has 33 heavy (non-hydrogen) atoms. The van der Waals surface area contributed by atoms with Gasteiger partial charge >= 0.3 is 5.97 Å². The van der Waals surface area contributed by atoms with Crippen LogP contribution in [0, 0.1) is 12.3 Å². The van der Waals surface area contributed by atoms with E-state index >= 15 is 0 Å². The SMILES string of the molecule is COc1cc(C)c2[nH]ccc2c1CN1CC2(CCCC2)C1c1ccc(C(=O)O)cc1.O=CO. The number of rotatable bonds is 5. The second-order valence-electron chi connectivity index (χ2n) is 9.05. The fourth-order valence-corrected chi connectivity index (χ4v) is 5.87. The molecule has 1 aliphatic heterocycles. The van der Waals surface area contributed by atoms with Crippen molar-refractivity contribution in [2.24, 2.45) is 5.41 Å². The Balaban J connectivity index is 0.000000821. The number of fused-ring (bicyclic) bond motifs is 1. The Morgan fingerprint density at radius 2 is 1.91 bits per heavy atom. The quantitative estimate of drug-likeness (QED) is 0.473. The Morgan fingerprint density at radius 3 is 2.52 bits per heavy atom. The van der Waals surface area contributed by atoms with Crippen LogP contribution in [0.1, 0.15) is 58.8 Å². The van der Waals surface area contributed by atoms with Gasteiger partial charge in [0.2, 0.25) is 0 Å². The highest BCUT2D eigenvalue weighted by molar-refractivity contribution is 5.88. The topological polar surface area (TPSA) is 103 Å². The van der Waals surface area contributed by atoms with Crippen molar-refractivity contribution in [1.29, 1.82) is 0 Å². The highest BCUT2D eigenvalue weighted by Crippen LogP contribution is 2.58. The monoisotopic (exact) mass is 450 g/mol. The van der Waals surface area contributed by atoms with Crippen LogP contribution >= 0.6 is 0 Å². The van der Waals surface area contributed by atoms with Crippen molar-refractivity contribution in [3.8, 4) is 5.75 Å². The van der Waals surface area contributed by atoms with Crippen molar-refractivity contribution in [1.82, 2.24) is 9.88 Å². The molecule has 1 aliphatic carbocycles. The van der Waals surface area contributed by atoms with Gasteiger partial charge in [0.1, 0.15) is 5.75 Å². The summed E-state index contributed by atoms with van der Waals surface area (Å²) in [6.07, 6.45) is 7.07. The van der Waals surface area contributed by atoms with E-state index in [0.29, 0.717) is 17.0 Å². The summed E-state index contributed by atoms with van der Waals surface area (Å²) in [7, 11) is 1.74. The summed E-state index contributed by atoms with van der Waals surface area (Å²) in [5.41, 5.74) is 5.47. The summed E-state index contributed by atoms with van der Waals surface area (Å²) in [6, 6.07) is 12.1. The minimum absolute atomic E-state index is 0.250. The molecule has 2 aromatic carbocycles. The predicted molar refractivity (Wildman–Crippen MR) is 126 cm³/mol. The van der Waals surface area contributed by atoms with E-state index in [0.717, 1.165) is 18.8 Å². The Hall–Kier alpha value is -3.32. The molecule has 2 aliphatic rings. The number of benzene rings is 2. The predicted octanol–water partition coefficient (Wildman–Crippen LogP) is 5.00. The molecule has 3 N–H and O–H groups in total. The van der Waals surface area contributed by atoms with Crippen LogP contribution in [0.2, 0.25) is 0 Å². The molecule has 3 aromatic rings. The van der Waals surface area contributed by atoms with E-state index in [9.17, 15) is 9.90 Å². The molecular weight excluding hydrogens is 420 g/mol. The van der Waals surface area contributed by atoms with Crippen LogP contribution in [0.4, 0.5) is 0 Å². The Morgan fingerprint density at radius 1 is 1.24 bits per heavy atom. The molecule has 0 bridgehead atoms. The van der Waals surface area contributed by atoms with Crippen LogP contribution in [0.15, 0.2) is 42.6 Å². The number of aromatic carboxylic acids is 1. The minimum Gasteiger partial charge on any atom is -0.496 e. The van der Waals surface area contributed by atoms with Gasteiger partial charge in [0, 0.05) is 47.2 Å². The van der Waals surface area contributed by atoms with Crippen molar-refractivity contribution in [2.75, 3.05) is 13.7 Å². The van der Waals surface area contributed by atoms with Crippen molar-refractivity contribution in [2.45, 2.75) is 45.2 Å². The molecule has 1 unspecified atom stereocenters. The second kappa shape index (κ2) is 9.27. The van der Waals surface area contributed by atoms with Crippen LogP contribution in [0.5, 0.6) is 5.75 Å². The zero-order valence-electron chi connectivity index (χ0n) is 19.0. The number of hydrogen-bond acceptors (Lipinski definition) is 4. The second-order valence-corrected chi connectivity index (χ2v) is 9.05. The van der Waals surface area contributed by atoms with E-state index in [2.05, 4.69) is 28.9 Å². The molecule has 1 saturated heterocycles. The number of aryl methyl sites for hydroxylation is 1. The van der Waals surface area contributed by atoms with Crippen LogP contribution in [0.25, 0.3) is 10.9 Å². The maximum absolute atomic E-state index is 11.3. The molecule has 1 spiro atoms. The molecule has 7 heteroatoms. The number of nitrogens with one attached hydrogen (secondary N) is 1. The molecule has 1 atom stereocenters. The summed E-state index contributed by atoms with van der Waals surface area (Å²) >= 11 is 0. The van der Waals surface area contributed by atoms with E-state index in [1.165, 1.54) is 53.3 Å². The molecule has 5 rings (SSSR count). The van der Waals surface area contributed by atoms with E-state index in [1.54, 1.807) is 19.2 Å². The van der Waals surface area contributed by atoms with Gasteiger partial charge in [-0.25, -0.2) is 4.79 Å². The number of likely N-dealkylation sites (tertiary alicyclic amines) is 1. The third kappa shape index (κ3) is 4.09. The zero-order chi connectivity index (χ0) is 23.6. The summed E-state index contributed by atoms with van der Waals surface area (Å²) < 4.78 is 5.77. The highest BCUT2D eigenvalue weighted by atomic mass is 16.5. The maximum Gasteiger partial charge on any atom is 0.335 e. The fourth-order valence-electron chi connectivity index (χ4n) is 5.87. The molecule has 7 nitrogen and oxygen atoms in total. The van der Waals surface area contributed by atoms with Crippen molar-refractivity contribution < 1.29 is 24.5 Å². The van der Waals surface area contributed by atoms with Gasteiger partial charge in [0.15, 0.2) is 0 Å².